The Labute approximate surface area is 203 Å². The minimum atomic E-state index is -1.10. The third kappa shape index (κ3) is 5.81. The molecule has 11 heteroatoms. The van der Waals surface area contributed by atoms with Gasteiger partial charge in [-0.15, -0.1) is 24.2 Å². The number of anilines is 1. The van der Waals surface area contributed by atoms with Gasteiger partial charge in [-0.2, -0.15) is 0 Å². The number of benzene rings is 2. The Bertz CT molecular complexity index is 1200. The van der Waals surface area contributed by atoms with E-state index in [-0.39, 0.29) is 35.8 Å². The van der Waals surface area contributed by atoms with Gasteiger partial charge in [0.1, 0.15) is 12.4 Å². The van der Waals surface area contributed by atoms with Crippen LogP contribution in [0.5, 0.6) is 0 Å². The highest BCUT2D eigenvalue weighted by atomic mass is 35.5. The van der Waals surface area contributed by atoms with Gasteiger partial charge in [0, 0.05) is 34.2 Å². The van der Waals surface area contributed by atoms with Crippen molar-refractivity contribution in [1.29, 1.82) is 0 Å². The lowest BCUT2D eigenvalue weighted by Crippen LogP contribution is -2.32. The summed E-state index contributed by atoms with van der Waals surface area (Å²) in [5.41, 5.74) is 0.966. The van der Waals surface area contributed by atoms with Gasteiger partial charge >= 0.3 is 6.09 Å². The van der Waals surface area contributed by atoms with E-state index in [1.807, 2.05) is 0 Å². The molecule has 1 aliphatic heterocycles. The first-order valence-electron chi connectivity index (χ1n) is 9.97. The van der Waals surface area contributed by atoms with Crippen LogP contribution in [0.3, 0.4) is 0 Å². The summed E-state index contributed by atoms with van der Waals surface area (Å²) in [5.74, 6) is -2.80. The molecule has 0 spiro atoms. The van der Waals surface area contributed by atoms with Crippen LogP contribution in [-0.2, 0) is 11.3 Å². The first-order valence-corrected chi connectivity index (χ1v) is 11.0. The van der Waals surface area contributed by atoms with Crippen LogP contribution in [0.1, 0.15) is 34.1 Å². The largest absolute Gasteiger partial charge is 0.443 e. The number of nitrogens with zero attached hydrogens (tertiary/aromatic N) is 1. The van der Waals surface area contributed by atoms with Gasteiger partial charge in [0.2, 0.25) is 0 Å². The van der Waals surface area contributed by atoms with Crippen LogP contribution >= 0.6 is 24.2 Å². The molecular weight excluding hydrogens is 491 g/mol. The zero-order valence-corrected chi connectivity index (χ0v) is 19.2. The summed E-state index contributed by atoms with van der Waals surface area (Å²) >= 11 is 1.28. The molecule has 0 aliphatic carbocycles. The van der Waals surface area contributed by atoms with E-state index in [2.05, 4.69) is 15.6 Å². The van der Waals surface area contributed by atoms with Gasteiger partial charge < -0.3 is 15.4 Å². The highest BCUT2D eigenvalue weighted by Crippen LogP contribution is 2.40. The quantitative estimate of drug-likeness (QED) is 0.465. The molecule has 1 aromatic heterocycles. The molecule has 2 amide bonds. The number of hydrogen-bond donors (Lipinski definition) is 2. The molecule has 0 fully saturated rings. The number of amides is 2. The normalized spacial score (nSPS) is 14.4. The van der Waals surface area contributed by atoms with Crippen LogP contribution in [-0.4, -0.2) is 22.7 Å². The molecule has 0 unspecified atom stereocenters. The SMILES string of the molecule is Cl.O=C(N[C@H]1CCSc2c(C(=O)Nc3ccc(F)c(F)c3)ccc(F)c21)OCc1ccccn1. The third-order valence-electron chi connectivity index (χ3n) is 4.94. The van der Waals surface area contributed by atoms with E-state index >= 15 is 0 Å². The summed E-state index contributed by atoms with van der Waals surface area (Å²) in [4.78, 5) is 29.5. The molecule has 34 heavy (non-hydrogen) atoms. The van der Waals surface area contributed by atoms with E-state index in [4.69, 9.17) is 4.74 Å². The van der Waals surface area contributed by atoms with Crippen LogP contribution < -0.4 is 10.6 Å². The van der Waals surface area contributed by atoms with Crippen molar-refractivity contribution in [2.75, 3.05) is 11.1 Å². The number of alkyl carbamates (subject to hydrolysis) is 1. The lowest BCUT2D eigenvalue weighted by molar-refractivity contribution is 0.102. The lowest BCUT2D eigenvalue weighted by Gasteiger charge is -2.27. The first-order chi connectivity index (χ1) is 15.9. The molecule has 2 aromatic carbocycles. The molecule has 1 atom stereocenters. The second kappa shape index (κ2) is 11.3. The van der Waals surface area contributed by atoms with Gasteiger partial charge in [-0.25, -0.2) is 18.0 Å². The molecule has 2 heterocycles. The number of aromatic nitrogens is 1. The third-order valence-corrected chi connectivity index (χ3v) is 6.10. The second-order valence-corrected chi connectivity index (χ2v) is 8.26. The van der Waals surface area contributed by atoms with E-state index in [1.54, 1.807) is 24.4 Å². The van der Waals surface area contributed by atoms with E-state index in [1.165, 1.54) is 23.9 Å². The fraction of sp³-hybridized carbons (Fsp3) is 0.174. The summed E-state index contributed by atoms with van der Waals surface area (Å²) < 4.78 is 46.5. The molecule has 0 radical (unpaired) electrons. The maximum atomic E-state index is 14.8. The lowest BCUT2D eigenvalue weighted by atomic mass is 9.99. The van der Waals surface area contributed by atoms with Crippen molar-refractivity contribution in [3.8, 4) is 0 Å². The van der Waals surface area contributed by atoms with Gasteiger partial charge in [-0.05, 0) is 42.8 Å². The van der Waals surface area contributed by atoms with Crippen LogP contribution in [0.25, 0.3) is 0 Å². The molecular formula is C23H19ClF3N3O3S. The van der Waals surface area contributed by atoms with Gasteiger partial charge in [0.25, 0.3) is 5.91 Å². The van der Waals surface area contributed by atoms with Crippen molar-refractivity contribution in [2.45, 2.75) is 24.0 Å². The molecule has 178 valence electrons. The van der Waals surface area contributed by atoms with Gasteiger partial charge in [-0.3, -0.25) is 9.78 Å². The Morgan fingerprint density at radius 1 is 1.06 bits per heavy atom. The van der Waals surface area contributed by atoms with Crippen LogP contribution in [0.15, 0.2) is 59.6 Å². The van der Waals surface area contributed by atoms with Crippen LogP contribution in [0.4, 0.5) is 23.7 Å². The molecule has 6 nitrogen and oxygen atoms in total. The van der Waals surface area contributed by atoms with Crippen molar-refractivity contribution in [2.24, 2.45) is 0 Å². The second-order valence-electron chi connectivity index (χ2n) is 7.15. The van der Waals surface area contributed by atoms with Crippen LogP contribution in [0, 0.1) is 17.5 Å². The predicted molar refractivity (Wildman–Crippen MR) is 124 cm³/mol. The summed E-state index contributed by atoms with van der Waals surface area (Å²) in [5, 5.41) is 5.14. The number of halogens is 4. The van der Waals surface area contributed by atoms with Gasteiger partial charge in [0.05, 0.1) is 17.3 Å². The van der Waals surface area contributed by atoms with Crippen LogP contribution in [0.2, 0.25) is 0 Å². The molecule has 4 rings (SSSR count). The predicted octanol–water partition coefficient (Wildman–Crippen LogP) is 5.64. The maximum Gasteiger partial charge on any atom is 0.408 e. The van der Waals surface area contributed by atoms with Gasteiger partial charge in [0.15, 0.2) is 11.6 Å². The van der Waals surface area contributed by atoms with Crippen molar-refractivity contribution in [1.82, 2.24) is 10.3 Å². The Hall–Kier alpha value is -3.24. The highest BCUT2D eigenvalue weighted by Gasteiger charge is 2.30. The average molecular weight is 510 g/mol. The molecule has 0 bridgehead atoms. The van der Waals surface area contributed by atoms with E-state index < -0.39 is 35.5 Å². The Kier molecular flexibility index (Phi) is 8.41. The number of fused-ring (bicyclic) bond motifs is 1. The molecule has 0 saturated carbocycles. The number of hydrogen-bond acceptors (Lipinski definition) is 5. The van der Waals surface area contributed by atoms with E-state index in [0.29, 0.717) is 22.8 Å². The summed E-state index contributed by atoms with van der Waals surface area (Å²) in [7, 11) is 0. The fourth-order valence-electron chi connectivity index (χ4n) is 3.38. The molecule has 2 N–H and O–H groups in total. The minimum absolute atomic E-state index is 0. The topological polar surface area (TPSA) is 80.3 Å². The highest BCUT2D eigenvalue weighted by molar-refractivity contribution is 7.99. The zero-order valence-electron chi connectivity index (χ0n) is 17.5. The summed E-state index contributed by atoms with van der Waals surface area (Å²) in [6, 6.07) is 9.95. The Morgan fingerprint density at radius 3 is 2.59 bits per heavy atom. The number of carbonyl (C=O) groups excluding carboxylic acids is 2. The van der Waals surface area contributed by atoms with E-state index in [0.717, 1.165) is 18.2 Å². The van der Waals surface area contributed by atoms with Crippen molar-refractivity contribution >= 4 is 41.9 Å². The van der Waals surface area contributed by atoms with Crippen molar-refractivity contribution in [3.05, 3.63) is 89.0 Å². The van der Waals surface area contributed by atoms with E-state index in [9.17, 15) is 22.8 Å². The first kappa shape index (κ1) is 25.4. The monoisotopic (exact) mass is 509 g/mol. The fourth-order valence-corrected chi connectivity index (χ4v) is 4.65. The number of carbonyl (C=O) groups is 2. The number of nitrogens with one attached hydrogen (secondary N) is 2. The smallest absolute Gasteiger partial charge is 0.408 e. The Balaban J connectivity index is 0.00000324. The number of pyridine rings is 1. The average Bonchev–Trinajstić information content (AvgIpc) is 2.81. The molecule has 3 aromatic rings. The number of rotatable bonds is 5. The number of thioether (sulfide) groups is 1. The maximum absolute atomic E-state index is 14.8. The minimum Gasteiger partial charge on any atom is -0.443 e. The van der Waals surface area contributed by atoms with Crippen molar-refractivity contribution < 1.29 is 27.5 Å². The standard InChI is InChI=1S/C23H18F3N3O3S.ClH/c24-16-6-4-13(11-18(16)26)28-22(30)15-5-7-17(25)20-19(8-10-33-21(15)20)29-23(31)32-12-14-3-1-2-9-27-14;/h1-7,9,11,19H,8,10,12H2,(H,28,30)(H,29,31);1H/t19-;/m0./s1. The zero-order chi connectivity index (χ0) is 23.4. The van der Waals surface area contributed by atoms with Crippen molar-refractivity contribution in [3.63, 3.8) is 0 Å². The Morgan fingerprint density at radius 2 is 1.85 bits per heavy atom. The molecule has 1 aliphatic rings. The number of ether oxygens (including phenoxy) is 1. The summed E-state index contributed by atoms with van der Waals surface area (Å²) in [6.07, 6.45) is 1.27. The van der Waals surface area contributed by atoms with Gasteiger partial charge in [-0.1, -0.05) is 6.07 Å². The molecule has 0 saturated heterocycles. The summed E-state index contributed by atoms with van der Waals surface area (Å²) in [6.45, 7) is -0.0415.